The van der Waals surface area contributed by atoms with Crippen molar-refractivity contribution in [2.24, 2.45) is 5.92 Å². The summed E-state index contributed by atoms with van der Waals surface area (Å²) in [5, 5.41) is 3.69. The van der Waals surface area contributed by atoms with Crippen molar-refractivity contribution in [3.05, 3.63) is 76.3 Å². The number of aryl methyl sites for hydroxylation is 1. The van der Waals surface area contributed by atoms with E-state index in [2.05, 4.69) is 22.1 Å². The average molecular weight is 462 g/mol. The van der Waals surface area contributed by atoms with Crippen molar-refractivity contribution in [2.45, 2.75) is 33.2 Å². The van der Waals surface area contributed by atoms with Crippen LogP contribution >= 0.6 is 11.3 Å². The molecule has 4 rings (SSSR count). The zero-order valence-corrected chi connectivity index (χ0v) is 20.3. The summed E-state index contributed by atoms with van der Waals surface area (Å²) in [6.45, 7) is 7.51. The van der Waals surface area contributed by atoms with Gasteiger partial charge in [-0.05, 0) is 68.1 Å². The summed E-state index contributed by atoms with van der Waals surface area (Å²) in [5.74, 6) is 1.43. The number of carbonyl (C=O) groups excluding carboxylic acids is 1. The van der Waals surface area contributed by atoms with Crippen LogP contribution in [0.4, 0.5) is 5.13 Å². The first-order valence-electron chi connectivity index (χ1n) is 11.4. The van der Waals surface area contributed by atoms with Gasteiger partial charge in [0.05, 0.1) is 12.8 Å². The van der Waals surface area contributed by atoms with Crippen LogP contribution in [0.25, 0.3) is 11.6 Å². The van der Waals surface area contributed by atoms with Gasteiger partial charge in [-0.2, -0.15) is 0 Å². The van der Waals surface area contributed by atoms with E-state index in [1.54, 1.807) is 18.4 Å². The molecule has 6 heteroatoms. The van der Waals surface area contributed by atoms with Gasteiger partial charge >= 0.3 is 0 Å². The zero-order chi connectivity index (χ0) is 23.2. The highest BCUT2D eigenvalue weighted by Crippen LogP contribution is 2.28. The minimum atomic E-state index is -0.163. The lowest BCUT2D eigenvalue weighted by molar-refractivity contribution is -0.111. The molecule has 3 aromatic rings. The Morgan fingerprint density at radius 1 is 1.15 bits per heavy atom. The molecule has 0 atom stereocenters. The monoisotopic (exact) mass is 461 g/mol. The highest BCUT2D eigenvalue weighted by Gasteiger charge is 2.20. The van der Waals surface area contributed by atoms with Crippen LogP contribution in [0.3, 0.4) is 0 Å². The molecule has 2 aromatic carbocycles. The van der Waals surface area contributed by atoms with Crippen molar-refractivity contribution < 1.29 is 9.53 Å². The first-order chi connectivity index (χ1) is 16.0. The molecule has 1 aliphatic rings. The van der Waals surface area contributed by atoms with E-state index in [1.807, 2.05) is 67.6 Å². The summed E-state index contributed by atoms with van der Waals surface area (Å²) in [4.78, 5) is 21.7. The maximum Gasteiger partial charge on any atom is 0.258 e. The van der Waals surface area contributed by atoms with E-state index in [0.29, 0.717) is 10.7 Å². The second kappa shape index (κ2) is 10.8. The van der Waals surface area contributed by atoms with E-state index in [0.717, 1.165) is 48.1 Å². The Labute approximate surface area is 200 Å². The van der Waals surface area contributed by atoms with E-state index < -0.39 is 0 Å². The molecule has 2 heterocycles. The quantitative estimate of drug-likeness (QED) is 0.353. The fourth-order valence-electron chi connectivity index (χ4n) is 3.98. The molecule has 0 aliphatic carbocycles. The number of hydrogen-bond acceptors (Lipinski definition) is 5. The smallest absolute Gasteiger partial charge is 0.258 e. The molecule has 1 N–H and O–H groups in total. The fraction of sp³-hybridized carbons (Fsp3) is 0.333. The Hall–Kier alpha value is -2.96. The number of aromatic nitrogens is 1. The maximum absolute atomic E-state index is 13.3. The molecule has 1 amide bonds. The van der Waals surface area contributed by atoms with Crippen molar-refractivity contribution in [1.82, 2.24) is 9.88 Å². The third-order valence-corrected chi connectivity index (χ3v) is 7.17. The minimum Gasteiger partial charge on any atom is -0.497 e. The van der Waals surface area contributed by atoms with Crippen LogP contribution in [0.15, 0.2) is 54.6 Å². The third kappa shape index (κ3) is 6.09. The normalized spacial score (nSPS) is 15.4. The largest absolute Gasteiger partial charge is 0.497 e. The summed E-state index contributed by atoms with van der Waals surface area (Å²) in [6.07, 6.45) is 4.40. The molecule has 1 aliphatic heterocycles. The highest BCUT2D eigenvalue weighted by atomic mass is 32.1. The van der Waals surface area contributed by atoms with E-state index in [1.165, 1.54) is 17.7 Å². The van der Waals surface area contributed by atoms with E-state index in [4.69, 9.17) is 4.74 Å². The van der Waals surface area contributed by atoms with Crippen molar-refractivity contribution in [2.75, 3.05) is 25.5 Å². The van der Waals surface area contributed by atoms with Gasteiger partial charge in [0.25, 0.3) is 5.91 Å². The number of nitrogens with one attached hydrogen (secondary N) is 1. The Kier molecular flexibility index (Phi) is 7.57. The molecule has 1 saturated heterocycles. The van der Waals surface area contributed by atoms with Gasteiger partial charge in [-0.15, -0.1) is 11.3 Å². The summed E-state index contributed by atoms with van der Waals surface area (Å²) in [7, 11) is 1.64. The lowest BCUT2D eigenvalue weighted by Gasteiger charge is -2.29. The number of anilines is 1. The molecule has 0 radical (unpaired) electrons. The summed E-state index contributed by atoms with van der Waals surface area (Å²) in [5.41, 5.74) is 3.39. The first kappa shape index (κ1) is 23.2. The topological polar surface area (TPSA) is 54.5 Å². The van der Waals surface area contributed by atoms with E-state index >= 15 is 0 Å². The fourth-order valence-corrected chi connectivity index (χ4v) is 4.98. The first-order valence-corrected chi connectivity index (χ1v) is 12.2. The van der Waals surface area contributed by atoms with Crippen LogP contribution in [-0.4, -0.2) is 36.0 Å². The summed E-state index contributed by atoms with van der Waals surface area (Å²) < 4.78 is 5.25. The Bertz CT molecular complexity index is 1100. The molecule has 172 valence electrons. The van der Waals surface area contributed by atoms with Gasteiger partial charge in [0.1, 0.15) is 5.75 Å². The average Bonchev–Trinajstić information content (AvgIpc) is 3.18. The molecular formula is C27H31N3O2S. The molecule has 1 aromatic heterocycles. The lowest BCUT2D eigenvalue weighted by Crippen LogP contribution is -2.32. The Morgan fingerprint density at radius 3 is 2.52 bits per heavy atom. The Balaban J connectivity index is 1.53. The standard InChI is InChI=1S/C27H31N3O2S/c1-19-13-15-30(16-14-19)18-25-20(2)28-27(33-25)29-26(31)24(22-7-5-4-6-8-22)17-21-9-11-23(32-3)12-10-21/h4-12,17,19H,13-16,18H2,1-3H3,(H,28,29,31)/b24-17+. The maximum atomic E-state index is 13.3. The molecule has 0 bridgehead atoms. The number of carbonyl (C=O) groups is 1. The van der Waals surface area contributed by atoms with Crippen molar-refractivity contribution in [3.63, 3.8) is 0 Å². The van der Waals surface area contributed by atoms with Gasteiger partial charge in [-0.3, -0.25) is 15.0 Å². The number of methoxy groups -OCH3 is 1. The molecular weight excluding hydrogens is 430 g/mol. The highest BCUT2D eigenvalue weighted by molar-refractivity contribution is 7.15. The van der Waals surface area contributed by atoms with Gasteiger partial charge in [-0.25, -0.2) is 4.98 Å². The number of likely N-dealkylation sites (tertiary alicyclic amines) is 1. The molecule has 1 fully saturated rings. The van der Waals surface area contributed by atoms with Crippen LogP contribution in [0.2, 0.25) is 0 Å². The predicted molar refractivity (Wildman–Crippen MR) is 136 cm³/mol. The number of amides is 1. The van der Waals surface area contributed by atoms with Gasteiger partial charge in [0, 0.05) is 17.0 Å². The number of rotatable bonds is 7. The van der Waals surface area contributed by atoms with Crippen LogP contribution in [0.5, 0.6) is 5.75 Å². The van der Waals surface area contributed by atoms with Gasteiger partial charge < -0.3 is 4.74 Å². The van der Waals surface area contributed by atoms with Crippen LogP contribution in [0.1, 0.15) is 41.5 Å². The number of nitrogens with zero attached hydrogens (tertiary/aromatic N) is 2. The van der Waals surface area contributed by atoms with Crippen molar-refractivity contribution >= 4 is 34.0 Å². The second-order valence-electron chi connectivity index (χ2n) is 8.64. The van der Waals surface area contributed by atoms with Crippen LogP contribution in [0, 0.1) is 12.8 Å². The summed E-state index contributed by atoms with van der Waals surface area (Å²) >= 11 is 1.58. The van der Waals surface area contributed by atoms with Crippen LogP contribution < -0.4 is 10.1 Å². The van der Waals surface area contributed by atoms with E-state index in [9.17, 15) is 4.79 Å². The zero-order valence-electron chi connectivity index (χ0n) is 19.5. The molecule has 0 spiro atoms. The Morgan fingerprint density at radius 2 is 1.85 bits per heavy atom. The van der Waals surface area contributed by atoms with Gasteiger partial charge in [0.2, 0.25) is 0 Å². The number of thiazole rings is 1. The third-order valence-electron chi connectivity index (χ3n) is 6.11. The number of benzene rings is 2. The molecule has 33 heavy (non-hydrogen) atoms. The lowest BCUT2D eigenvalue weighted by atomic mass is 9.99. The van der Waals surface area contributed by atoms with Crippen molar-refractivity contribution in [1.29, 1.82) is 0 Å². The van der Waals surface area contributed by atoms with Crippen molar-refractivity contribution in [3.8, 4) is 5.75 Å². The number of ether oxygens (including phenoxy) is 1. The number of piperidine rings is 1. The molecule has 5 nitrogen and oxygen atoms in total. The minimum absolute atomic E-state index is 0.163. The SMILES string of the molecule is COc1ccc(/C=C(/C(=O)Nc2nc(C)c(CN3CCC(C)CC3)s2)c2ccccc2)cc1. The predicted octanol–water partition coefficient (Wildman–Crippen LogP) is 5.87. The van der Waals surface area contributed by atoms with Gasteiger partial charge in [-0.1, -0.05) is 49.4 Å². The van der Waals surface area contributed by atoms with Crippen LogP contribution in [-0.2, 0) is 11.3 Å². The summed E-state index contributed by atoms with van der Waals surface area (Å²) in [6, 6.07) is 17.4. The molecule has 0 unspecified atom stereocenters. The van der Waals surface area contributed by atoms with E-state index in [-0.39, 0.29) is 5.91 Å². The number of hydrogen-bond donors (Lipinski definition) is 1. The second-order valence-corrected chi connectivity index (χ2v) is 9.72. The van der Waals surface area contributed by atoms with Gasteiger partial charge in [0.15, 0.2) is 5.13 Å². The molecule has 0 saturated carbocycles.